The minimum absolute atomic E-state index is 0.0551. The second kappa shape index (κ2) is 7.03. The van der Waals surface area contributed by atoms with Gasteiger partial charge in [0.15, 0.2) is 9.84 Å². The molecule has 2 N–H and O–H groups in total. The summed E-state index contributed by atoms with van der Waals surface area (Å²) in [7, 11) is -3.25. The average Bonchev–Trinajstić information content (AvgIpc) is 2.40. The van der Waals surface area contributed by atoms with Crippen LogP contribution in [0.5, 0.6) is 0 Å². The Kier molecular flexibility index (Phi) is 5.97. The molecule has 0 radical (unpaired) electrons. The standard InChI is InChI=1S/C14H22O4S/c1-11(2)19(17,18)14-5-3-4-12(8-14)6-7-13(9-15)10-16/h3-5,8,11,13,15-16H,6-7,9-10H2,1-2H3. The Labute approximate surface area is 115 Å². The summed E-state index contributed by atoms with van der Waals surface area (Å²) in [6.45, 7) is 3.21. The molecule has 0 heterocycles. The van der Waals surface area contributed by atoms with Gasteiger partial charge in [0, 0.05) is 19.1 Å². The van der Waals surface area contributed by atoms with Gasteiger partial charge >= 0.3 is 0 Å². The molecule has 0 aromatic heterocycles. The van der Waals surface area contributed by atoms with E-state index in [0.717, 1.165) is 5.56 Å². The first-order chi connectivity index (χ1) is 8.91. The molecule has 0 bridgehead atoms. The molecule has 4 nitrogen and oxygen atoms in total. The Bertz CT molecular complexity index is 490. The van der Waals surface area contributed by atoms with Crippen LogP contribution in [-0.2, 0) is 16.3 Å². The molecular weight excluding hydrogens is 264 g/mol. The minimum atomic E-state index is -3.25. The zero-order valence-electron chi connectivity index (χ0n) is 11.4. The van der Waals surface area contributed by atoms with Crippen molar-refractivity contribution in [3.63, 3.8) is 0 Å². The zero-order chi connectivity index (χ0) is 14.5. The van der Waals surface area contributed by atoms with Gasteiger partial charge in [-0.25, -0.2) is 8.42 Å². The summed E-state index contributed by atoms with van der Waals surface area (Å²) in [6, 6.07) is 6.89. The van der Waals surface area contributed by atoms with E-state index in [9.17, 15) is 8.42 Å². The molecule has 108 valence electrons. The lowest BCUT2D eigenvalue weighted by Gasteiger charge is -2.12. The highest BCUT2D eigenvalue weighted by Crippen LogP contribution is 2.19. The summed E-state index contributed by atoms with van der Waals surface area (Å²) >= 11 is 0. The molecule has 0 aliphatic carbocycles. The quantitative estimate of drug-likeness (QED) is 0.794. The van der Waals surface area contributed by atoms with Gasteiger partial charge < -0.3 is 10.2 Å². The first kappa shape index (κ1) is 16.1. The number of aliphatic hydroxyl groups excluding tert-OH is 2. The van der Waals surface area contributed by atoms with Crippen molar-refractivity contribution < 1.29 is 18.6 Å². The maximum Gasteiger partial charge on any atom is 0.180 e. The van der Waals surface area contributed by atoms with Gasteiger partial charge in [-0.3, -0.25) is 0 Å². The Morgan fingerprint density at radius 1 is 1.16 bits per heavy atom. The molecule has 1 aromatic carbocycles. The van der Waals surface area contributed by atoms with Gasteiger partial charge in [-0.05, 0) is 44.4 Å². The van der Waals surface area contributed by atoms with Gasteiger partial charge in [0.25, 0.3) is 0 Å². The third kappa shape index (κ3) is 4.30. The normalized spacial score (nSPS) is 12.3. The van der Waals surface area contributed by atoms with Crippen molar-refractivity contribution >= 4 is 9.84 Å². The molecule has 0 atom stereocenters. The number of aryl methyl sites for hydroxylation is 1. The van der Waals surface area contributed by atoms with Crippen molar-refractivity contribution in [3.8, 4) is 0 Å². The van der Waals surface area contributed by atoms with Crippen LogP contribution < -0.4 is 0 Å². The van der Waals surface area contributed by atoms with E-state index >= 15 is 0 Å². The predicted octanol–water partition coefficient (Wildman–Crippen LogP) is 1.40. The van der Waals surface area contributed by atoms with E-state index in [4.69, 9.17) is 10.2 Å². The van der Waals surface area contributed by atoms with E-state index in [2.05, 4.69) is 0 Å². The van der Waals surface area contributed by atoms with Crippen molar-refractivity contribution in [2.75, 3.05) is 13.2 Å². The van der Waals surface area contributed by atoms with Gasteiger partial charge in [0.2, 0.25) is 0 Å². The summed E-state index contributed by atoms with van der Waals surface area (Å²) in [6.07, 6.45) is 1.28. The second-order valence-corrected chi connectivity index (χ2v) is 7.52. The molecular formula is C14H22O4S. The third-order valence-corrected chi connectivity index (χ3v) is 5.36. The largest absolute Gasteiger partial charge is 0.396 e. The summed E-state index contributed by atoms with van der Waals surface area (Å²) in [5.41, 5.74) is 0.911. The highest BCUT2D eigenvalue weighted by Gasteiger charge is 2.19. The number of hydrogen-bond donors (Lipinski definition) is 2. The molecule has 0 saturated heterocycles. The lowest BCUT2D eigenvalue weighted by molar-refractivity contribution is 0.144. The van der Waals surface area contributed by atoms with Crippen molar-refractivity contribution in [1.29, 1.82) is 0 Å². The molecule has 1 aromatic rings. The summed E-state index contributed by atoms with van der Waals surface area (Å²) < 4.78 is 24.1. The topological polar surface area (TPSA) is 74.6 Å². The SMILES string of the molecule is CC(C)S(=O)(=O)c1cccc(CCC(CO)CO)c1. The highest BCUT2D eigenvalue weighted by molar-refractivity contribution is 7.92. The van der Waals surface area contributed by atoms with Gasteiger partial charge in [-0.2, -0.15) is 0 Å². The van der Waals surface area contributed by atoms with E-state index in [1.54, 1.807) is 32.0 Å². The fourth-order valence-electron chi connectivity index (χ4n) is 1.76. The molecule has 1 rings (SSSR count). The molecule has 0 spiro atoms. The number of aliphatic hydroxyl groups is 2. The van der Waals surface area contributed by atoms with E-state index < -0.39 is 15.1 Å². The van der Waals surface area contributed by atoms with Gasteiger partial charge in [-0.15, -0.1) is 0 Å². The Balaban J connectivity index is 2.84. The second-order valence-electron chi connectivity index (χ2n) is 5.01. The lowest BCUT2D eigenvalue weighted by Crippen LogP contribution is -2.14. The fourth-order valence-corrected chi connectivity index (χ4v) is 2.89. The molecule has 0 unspecified atom stereocenters. The molecule has 0 fully saturated rings. The smallest absolute Gasteiger partial charge is 0.180 e. The van der Waals surface area contributed by atoms with Crippen LogP contribution in [0.2, 0.25) is 0 Å². The predicted molar refractivity (Wildman–Crippen MR) is 74.7 cm³/mol. The van der Waals surface area contributed by atoms with Crippen LogP contribution >= 0.6 is 0 Å². The van der Waals surface area contributed by atoms with Gasteiger partial charge in [0.1, 0.15) is 0 Å². The molecule has 0 saturated carbocycles. The van der Waals surface area contributed by atoms with Crippen LogP contribution in [0.3, 0.4) is 0 Å². The average molecular weight is 286 g/mol. The Morgan fingerprint density at radius 2 is 1.79 bits per heavy atom. The highest BCUT2D eigenvalue weighted by atomic mass is 32.2. The van der Waals surface area contributed by atoms with Gasteiger partial charge in [0.05, 0.1) is 10.1 Å². The molecule has 5 heteroatoms. The molecule has 0 amide bonds. The minimum Gasteiger partial charge on any atom is -0.396 e. The van der Waals surface area contributed by atoms with Crippen molar-refractivity contribution in [1.82, 2.24) is 0 Å². The van der Waals surface area contributed by atoms with E-state index in [-0.39, 0.29) is 19.1 Å². The van der Waals surface area contributed by atoms with E-state index in [1.165, 1.54) is 0 Å². The monoisotopic (exact) mass is 286 g/mol. The number of benzene rings is 1. The number of sulfone groups is 1. The Hall–Kier alpha value is -0.910. The number of hydrogen-bond acceptors (Lipinski definition) is 4. The van der Waals surface area contributed by atoms with E-state index in [1.807, 2.05) is 6.07 Å². The Morgan fingerprint density at radius 3 is 2.32 bits per heavy atom. The first-order valence-corrected chi connectivity index (χ1v) is 8.01. The maximum absolute atomic E-state index is 12.1. The lowest BCUT2D eigenvalue weighted by atomic mass is 10.0. The molecule has 0 aliphatic heterocycles. The van der Waals surface area contributed by atoms with Crippen LogP contribution in [0.4, 0.5) is 0 Å². The van der Waals surface area contributed by atoms with Crippen LogP contribution in [0.1, 0.15) is 25.8 Å². The van der Waals surface area contributed by atoms with Crippen molar-refractivity contribution in [3.05, 3.63) is 29.8 Å². The molecule has 19 heavy (non-hydrogen) atoms. The van der Waals surface area contributed by atoms with Crippen LogP contribution in [0, 0.1) is 5.92 Å². The zero-order valence-corrected chi connectivity index (χ0v) is 12.2. The fraction of sp³-hybridized carbons (Fsp3) is 0.571. The van der Waals surface area contributed by atoms with Crippen molar-refractivity contribution in [2.45, 2.75) is 36.8 Å². The third-order valence-electron chi connectivity index (χ3n) is 3.21. The van der Waals surface area contributed by atoms with Crippen LogP contribution in [-0.4, -0.2) is 37.1 Å². The molecule has 0 aliphatic rings. The summed E-state index contributed by atoms with van der Waals surface area (Å²) in [4.78, 5) is 0.338. The van der Waals surface area contributed by atoms with Crippen molar-refractivity contribution in [2.24, 2.45) is 5.92 Å². The van der Waals surface area contributed by atoms with Gasteiger partial charge in [-0.1, -0.05) is 12.1 Å². The summed E-state index contributed by atoms with van der Waals surface area (Å²) in [5.74, 6) is -0.148. The van der Waals surface area contributed by atoms with Crippen LogP contribution in [0.25, 0.3) is 0 Å². The summed E-state index contributed by atoms with van der Waals surface area (Å²) in [5, 5.41) is 17.6. The first-order valence-electron chi connectivity index (χ1n) is 6.46. The van der Waals surface area contributed by atoms with Crippen LogP contribution in [0.15, 0.2) is 29.2 Å². The van der Waals surface area contributed by atoms with E-state index in [0.29, 0.717) is 17.7 Å². The number of rotatable bonds is 7. The maximum atomic E-state index is 12.1.